The average molecular weight is 372 g/mol. The van der Waals surface area contributed by atoms with Crippen LogP contribution in [0, 0.1) is 5.41 Å². The second kappa shape index (κ2) is 6.83. The Balaban J connectivity index is 1.95. The molecule has 4 rings (SSSR count). The van der Waals surface area contributed by atoms with Gasteiger partial charge < -0.3 is 9.47 Å². The lowest BCUT2D eigenvalue weighted by atomic mass is 9.78. The molecule has 3 nitrogen and oxygen atoms in total. The summed E-state index contributed by atoms with van der Waals surface area (Å²) in [6, 6.07) is 25.8. The summed E-state index contributed by atoms with van der Waals surface area (Å²) in [4.78, 5) is 13.1. The van der Waals surface area contributed by atoms with E-state index in [4.69, 9.17) is 9.47 Å². The zero-order valence-electron chi connectivity index (χ0n) is 16.4. The number of carbonyl (C=O) groups excluding carboxylic acids is 1. The molecule has 3 heteroatoms. The number of ether oxygens (including phenoxy) is 2. The highest BCUT2D eigenvalue weighted by Gasteiger charge is 2.47. The van der Waals surface area contributed by atoms with Crippen molar-refractivity contribution in [2.45, 2.75) is 32.8 Å². The van der Waals surface area contributed by atoms with Crippen molar-refractivity contribution in [1.82, 2.24) is 0 Å². The SMILES string of the molecule is CC(C)(C)C(=O)OC1(Cc2ccccc2)c2ccccc2Oc2ccccc21. The Labute approximate surface area is 165 Å². The average Bonchev–Trinajstić information content (AvgIpc) is 2.68. The van der Waals surface area contributed by atoms with Crippen LogP contribution in [0.2, 0.25) is 0 Å². The van der Waals surface area contributed by atoms with Crippen molar-refractivity contribution in [2.24, 2.45) is 5.41 Å². The van der Waals surface area contributed by atoms with Gasteiger partial charge in [-0.1, -0.05) is 66.7 Å². The first-order valence-electron chi connectivity index (χ1n) is 9.54. The van der Waals surface area contributed by atoms with E-state index in [-0.39, 0.29) is 5.97 Å². The van der Waals surface area contributed by atoms with Crippen LogP contribution < -0.4 is 4.74 Å². The lowest BCUT2D eigenvalue weighted by molar-refractivity contribution is -0.167. The number of rotatable bonds is 3. The van der Waals surface area contributed by atoms with Crippen molar-refractivity contribution < 1.29 is 14.3 Å². The lowest BCUT2D eigenvalue weighted by Crippen LogP contribution is -2.41. The van der Waals surface area contributed by atoms with Gasteiger partial charge in [-0.25, -0.2) is 0 Å². The van der Waals surface area contributed by atoms with Crippen molar-refractivity contribution in [2.75, 3.05) is 0 Å². The van der Waals surface area contributed by atoms with Crippen LogP contribution in [-0.2, 0) is 21.6 Å². The minimum Gasteiger partial charge on any atom is -0.456 e. The van der Waals surface area contributed by atoms with Crippen molar-refractivity contribution in [3.8, 4) is 11.5 Å². The molecule has 0 saturated heterocycles. The van der Waals surface area contributed by atoms with Gasteiger partial charge in [0, 0.05) is 17.5 Å². The number of carbonyl (C=O) groups is 1. The van der Waals surface area contributed by atoms with Gasteiger partial charge in [-0.05, 0) is 38.5 Å². The molecule has 0 amide bonds. The maximum absolute atomic E-state index is 13.1. The van der Waals surface area contributed by atoms with Crippen LogP contribution in [0.5, 0.6) is 11.5 Å². The first-order chi connectivity index (χ1) is 13.4. The monoisotopic (exact) mass is 372 g/mol. The molecule has 0 atom stereocenters. The molecule has 142 valence electrons. The zero-order valence-corrected chi connectivity index (χ0v) is 16.4. The first-order valence-corrected chi connectivity index (χ1v) is 9.54. The van der Waals surface area contributed by atoms with E-state index >= 15 is 0 Å². The van der Waals surface area contributed by atoms with Crippen LogP contribution in [0.15, 0.2) is 78.9 Å². The maximum atomic E-state index is 13.1. The van der Waals surface area contributed by atoms with Gasteiger partial charge in [-0.2, -0.15) is 0 Å². The van der Waals surface area contributed by atoms with Gasteiger partial charge in [-0.3, -0.25) is 4.79 Å². The highest BCUT2D eigenvalue weighted by molar-refractivity contribution is 5.77. The predicted molar refractivity (Wildman–Crippen MR) is 109 cm³/mol. The summed E-state index contributed by atoms with van der Waals surface area (Å²) in [6.07, 6.45) is 0.535. The first kappa shape index (κ1) is 18.3. The van der Waals surface area contributed by atoms with Crippen LogP contribution >= 0.6 is 0 Å². The normalized spacial score (nSPS) is 14.4. The molecule has 0 aliphatic carbocycles. The van der Waals surface area contributed by atoms with E-state index in [0.717, 1.165) is 28.2 Å². The fraction of sp³-hybridized carbons (Fsp3) is 0.240. The van der Waals surface area contributed by atoms with Crippen molar-refractivity contribution in [1.29, 1.82) is 0 Å². The number of hydrogen-bond donors (Lipinski definition) is 0. The van der Waals surface area contributed by atoms with Crippen molar-refractivity contribution in [3.63, 3.8) is 0 Å². The Morgan fingerprint density at radius 1 is 0.821 bits per heavy atom. The number of benzene rings is 3. The molecule has 1 heterocycles. The highest BCUT2D eigenvalue weighted by Crippen LogP contribution is 2.51. The van der Waals surface area contributed by atoms with Crippen molar-refractivity contribution in [3.05, 3.63) is 95.6 Å². The van der Waals surface area contributed by atoms with Gasteiger partial charge in [0.2, 0.25) is 0 Å². The number of fused-ring (bicyclic) bond motifs is 2. The van der Waals surface area contributed by atoms with Gasteiger partial charge in [-0.15, -0.1) is 0 Å². The third-order valence-corrected chi connectivity index (χ3v) is 5.04. The van der Waals surface area contributed by atoms with E-state index in [9.17, 15) is 4.79 Å². The lowest BCUT2D eigenvalue weighted by Gasteiger charge is -2.41. The molecule has 0 fully saturated rings. The summed E-state index contributed by atoms with van der Waals surface area (Å²) in [5.41, 5.74) is 1.27. The largest absolute Gasteiger partial charge is 0.456 e. The fourth-order valence-electron chi connectivity index (χ4n) is 3.57. The van der Waals surface area contributed by atoms with Crippen LogP contribution in [-0.4, -0.2) is 5.97 Å². The van der Waals surface area contributed by atoms with Gasteiger partial charge in [0.15, 0.2) is 5.60 Å². The molecule has 0 bridgehead atoms. The Kier molecular flexibility index (Phi) is 4.46. The summed E-state index contributed by atoms with van der Waals surface area (Å²) < 4.78 is 12.5. The van der Waals surface area contributed by atoms with Crippen LogP contribution in [0.1, 0.15) is 37.5 Å². The van der Waals surface area contributed by atoms with Crippen LogP contribution in [0.3, 0.4) is 0 Å². The molecule has 0 unspecified atom stereocenters. The molecule has 0 aromatic heterocycles. The van der Waals surface area contributed by atoms with E-state index in [2.05, 4.69) is 12.1 Å². The second-order valence-electron chi connectivity index (χ2n) is 8.22. The zero-order chi connectivity index (χ0) is 19.8. The molecule has 0 N–H and O–H groups in total. The Hall–Kier alpha value is -3.07. The van der Waals surface area contributed by atoms with E-state index in [1.54, 1.807) is 0 Å². The fourth-order valence-corrected chi connectivity index (χ4v) is 3.57. The van der Waals surface area contributed by atoms with E-state index in [1.807, 2.05) is 87.5 Å². The molecule has 0 spiro atoms. The Morgan fingerprint density at radius 2 is 1.32 bits per heavy atom. The molecular weight excluding hydrogens is 348 g/mol. The molecular formula is C25H24O3. The molecule has 1 aliphatic heterocycles. The van der Waals surface area contributed by atoms with Gasteiger partial charge in [0.25, 0.3) is 0 Å². The van der Waals surface area contributed by atoms with Gasteiger partial charge in [0.1, 0.15) is 11.5 Å². The highest BCUT2D eigenvalue weighted by atomic mass is 16.6. The predicted octanol–water partition coefficient (Wildman–Crippen LogP) is 5.87. The Bertz CT molecular complexity index is 954. The summed E-state index contributed by atoms with van der Waals surface area (Å²) in [6.45, 7) is 5.63. The minimum absolute atomic E-state index is 0.241. The van der Waals surface area contributed by atoms with Crippen LogP contribution in [0.25, 0.3) is 0 Å². The standard InChI is InChI=1S/C25H24O3/c1-24(2,3)23(26)28-25(17-18-11-5-4-6-12-18)19-13-7-9-15-21(19)27-22-16-10-8-14-20(22)25/h4-16H,17H2,1-3H3. The molecule has 3 aromatic carbocycles. The number of para-hydroxylation sites is 2. The smallest absolute Gasteiger partial charge is 0.312 e. The van der Waals surface area contributed by atoms with Crippen molar-refractivity contribution >= 4 is 5.97 Å². The van der Waals surface area contributed by atoms with Gasteiger partial charge in [0.05, 0.1) is 5.41 Å². The third-order valence-electron chi connectivity index (χ3n) is 5.04. The molecule has 3 aromatic rings. The Morgan fingerprint density at radius 3 is 1.86 bits per heavy atom. The molecule has 1 aliphatic rings. The van der Waals surface area contributed by atoms with E-state index < -0.39 is 11.0 Å². The van der Waals surface area contributed by atoms with Crippen LogP contribution in [0.4, 0.5) is 0 Å². The topological polar surface area (TPSA) is 35.5 Å². The maximum Gasteiger partial charge on any atom is 0.312 e. The minimum atomic E-state index is -0.947. The second-order valence-corrected chi connectivity index (χ2v) is 8.22. The van der Waals surface area contributed by atoms with E-state index in [0.29, 0.717) is 6.42 Å². The summed E-state index contributed by atoms with van der Waals surface area (Å²) in [5, 5.41) is 0. The molecule has 0 radical (unpaired) electrons. The summed E-state index contributed by atoms with van der Waals surface area (Å²) >= 11 is 0. The quantitative estimate of drug-likeness (QED) is 0.540. The van der Waals surface area contributed by atoms with Gasteiger partial charge >= 0.3 is 5.97 Å². The third kappa shape index (κ3) is 3.18. The molecule has 0 saturated carbocycles. The summed E-state index contributed by atoms with van der Waals surface area (Å²) in [5.74, 6) is 1.20. The molecule has 28 heavy (non-hydrogen) atoms. The summed E-state index contributed by atoms with van der Waals surface area (Å²) in [7, 11) is 0. The van der Waals surface area contributed by atoms with E-state index in [1.165, 1.54) is 0 Å². The number of hydrogen-bond acceptors (Lipinski definition) is 3. The number of esters is 1.